The standard InChI is InChI=1S/C15H16N4OS/c1-19(12-5-6-18-13(8-12)14(16)20)9-10-3-2-4-11(7-10)15(17)21/h2-8H,9H2,1H3,(H2,16,20)(H2,17,21). The maximum absolute atomic E-state index is 11.2. The van der Waals surface area contributed by atoms with Crippen molar-refractivity contribution in [2.24, 2.45) is 11.5 Å². The number of nitrogens with two attached hydrogens (primary N) is 2. The Labute approximate surface area is 128 Å². The zero-order valence-corrected chi connectivity index (χ0v) is 12.4. The van der Waals surface area contributed by atoms with Crippen LogP contribution in [0.15, 0.2) is 42.6 Å². The predicted octanol–water partition coefficient (Wildman–Crippen LogP) is 1.45. The van der Waals surface area contributed by atoms with Crippen LogP contribution in [0.5, 0.6) is 0 Å². The van der Waals surface area contributed by atoms with E-state index >= 15 is 0 Å². The molecule has 2 rings (SSSR count). The number of primary amides is 1. The minimum atomic E-state index is -0.541. The van der Waals surface area contributed by atoms with E-state index in [1.54, 1.807) is 12.3 Å². The van der Waals surface area contributed by atoms with E-state index in [1.165, 1.54) is 0 Å². The molecule has 4 N–H and O–H groups in total. The van der Waals surface area contributed by atoms with Crippen LogP contribution in [0, 0.1) is 0 Å². The third kappa shape index (κ3) is 3.76. The van der Waals surface area contributed by atoms with Gasteiger partial charge in [0, 0.05) is 31.0 Å². The van der Waals surface area contributed by atoms with Crippen LogP contribution in [0.4, 0.5) is 5.69 Å². The first-order chi connectivity index (χ1) is 9.97. The summed E-state index contributed by atoms with van der Waals surface area (Å²) in [6.07, 6.45) is 1.57. The molecule has 5 nitrogen and oxygen atoms in total. The highest BCUT2D eigenvalue weighted by Gasteiger charge is 2.07. The van der Waals surface area contributed by atoms with Crippen LogP contribution < -0.4 is 16.4 Å². The molecule has 1 amide bonds. The molecule has 0 atom stereocenters. The van der Waals surface area contributed by atoms with Crippen LogP contribution in [-0.2, 0) is 6.54 Å². The van der Waals surface area contributed by atoms with Crippen molar-refractivity contribution in [1.82, 2.24) is 4.98 Å². The maximum Gasteiger partial charge on any atom is 0.267 e. The molecule has 1 aromatic heterocycles. The molecular weight excluding hydrogens is 284 g/mol. The smallest absolute Gasteiger partial charge is 0.267 e. The molecule has 1 heterocycles. The van der Waals surface area contributed by atoms with Crippen molar-refractivity contribution in [3.63, 3.8) is 0 Å². The molecule has 0 unspecified atom stereocenters. The normalized spacial score (nSPS) is 10.1. The molecule has 0 saturated heterocycles. The molecular formula is C15H16N4OS. The monoisotopic (exact) mass is 300 g/mol. The van der Waals surface area contributed by atoms with E-state index in [1.807, 2.05) is 42.3 Å². The van der Waals surface area contributed by atoms with Crippen molar-refractivity contribution < 1.29 is 4.79 Å². The molecule has 0 radical (unpaired) electrons. The van der Waals surface area contributed by atoms with Crippen LogP contribution in [0.25, 0.3) is 0 Å². The van der Waals surface area contributed by atoms with Gasteiger partial charge in [-0.25, -0.2) is 0 Å². The van der Waals surface area contributed by atoms with Gasteiger partial charge in [-0.15, -0.1) is 0 Å². The number of nitrogens with zero attached hydrogens (tertiary/aromatic N) is 2. The Kier molecular flexibility index (Phi) is 4.49. The molecule has 0 aliphatic rings. The minimum Gasteiger partial charge on any atom is -0.389 e. The molecule has 0 bridgehead atoms. The second-order valence-corrected chi connectivity index (χ2v) is 5.12. The number of aromatic nitrogens is 1. The zero-order valence-electron chi connectivity index (χ0n) is 11.6. The quantitative estimate of drug-likeness (QED) is 0.816. The Morgan fingerprint density at radius 1 is 1.29 bits per heavy atom. The Morgan fingerprint density at radius 3 is 2.71 bits per heavy atom. The van der Waals surface area contributed by atoms with Crippen molar-refractivity contribution in [2.75, 3.05) is 11.9 Å². The van der Waals surface area contributed by atoms with E-state index in [0.29, 0.717) is 11.5 Å². The van der Waals surface area contributed by atoms with E-state index in [0.717, 1.165) is 16.8 Å². The first kappa shape index (κ1) is 14.9. The summed E-state index contributed by atoms with van der Waals surface area (Å²) in [5.74, 6) is -0.541. The lowest BCUT2D eigenvalue weighted by Gasteiger charge is -2.20. The SMILES string of the molecule is CN(Cc1cccc(C(N)=S)c1)c1ccnc(C(N)=O)c1. The highest BCUT2D eigenvalue weighted by Crippen LogP contribution is 2.16. The number of benzene rings is 1. The Hall–Kier alpha value is -2.47. The number of amides is 1. The minimum absolute atomic E-state index is 0.247. The number of carbonyl (C=O) groups is 1. The van der Waals surface area contributed by atoms with Crippen molar-refractivity contribution in [1.29, 1.82) is 0 Å². The number of hydrogen-bond acceptors (Lipinski definition) is 4. The fourth-order valence-corrected chi connectivity index (χ4v) is 2.11. The first-order valence-electron chi connectivity index (χ1n) is 6.33. The van der Waals surface area contributed by atoms with Crippen molar-refractivity contribution >= 4 is 28.8 Å². The van der Waals surface area contributed by atoms with Gasteiger partial charge in [0.05, 0.1) is 0 Å². The third-order valence-corrected chi connectivity index (χ3v) is 3.30. The van der Waals surface area contributed by atoms with E-state index < -0.39 is 5.91 Å². The van der Waals surface area contributed by atoms with Gasteiger partial charge in [-0.1, -0.05) is 30.4 Å². The summed E-state index contributed by atoms with van der Waals surface area (Å²) >= 11 is 4.98. The fourth-order valence-electron chi connectivity index (χ4n) is 1.98. The van der Waals surface area contributed by atoms with Crippen LogP contribution >= 0.6 is 12.2 Å². The molecule has 0 saturated carbocycles. The lowest BCUT2D eigenvalue weighted by Crippen LogP contribution is -2.19. The number of rotatable bonds is 5. The van der Waals surface area contributed by atoms with Gasteiger partial charge >= 0.3 is 0 Å². The molecule has 6 heteroatoms. The summed E-state index contributed by atoms with van der Waals surface area (Å²) in [5.41, 5.74) is 13.9. The van der Waals surface area contributed by atoms with Crippen LogP contribution in [-0.4, -0.2) is 22.9 Å². The Morgan fingerprint density at radius 2 is 2.05 bits per heavy atom. The van der Waals surface area contributed by atoms with Gasteiger partial charge < -0.3 is 16.4 Å². The molecule has 0 spiro atoms. The van der Waals surface area contributed by atoms with Crippen LogP contribution in [0.1, 0.15) is 21.6 Å². The van der Waals surface area contributed by atoms with Crippen LogP contribution in [0.2, 0.25) is 0 Å². The largest absolute Gasteiger partial charge is 0.389 e. The molecule has 0 aliphatic carbocycles. The fraction of sp³-hybridized carbons (Fsp3) is 0.133. The summed E-state index contributed by atoms with van der Waals surface area (Å²) < 4.78 is 0. The number of carbonyl (C=O) groups excluding carboxylic acids is 1. The molecule has 0 fully saturated rings. The summed E-state index contributed by atoms with van der Waals surface area (Å²) in [5, 5.41) is 0. The van der Waals surface area contributed by atoms with E-state index in [9.17, 15) is 4.79 Å². The topological polar surface area (TPSA) is 85.2 Å². The Balaban J connectivity index is 2.19. The lowest BCUT2D eigenvalue weighted by molar-refractivity contribution is 0.0995. The highest BCUT2D eigenvalue weighted by atomic mass is 32.1. The number of thiocarbonyl (C=S) groups is 1. The second-order valence-electron chi connectivity index (χ2n) is 4.68. The lowest BCUT2D eigenvalue weighted by atomic mass is 10.1. The van der Waals surface area contributed by atoms with E-state index in [4.69, 9.17) is 23.7 Å². The summed E-state index contributed by atoms with van der Waals surface area (Å²) in [7, 11) is 1.92. The molecule has 21 heavy (non-hydrogen) atoms. The van der Waals surface area contributed by atoms with E-state index in [-0.39, 0.29) is 5.69 Å². The average Bonchev–Trinajstić information content (AvgIpc) is 2.47. The first-order valence-corrected chi connectivity index (χ1v) is 6.74. The average molecular weight is 300 g/mol. The zero-order chi connectivity index (χ0) is 15.4. The Bertz CT molecular complexity index is 687. The predicted molar refractivity (Wildman–Crippen MR) is 87.2 cm³/mol. The third-order valence-electron chi connectivity index (χ3n) is 3.07. The summed E-state index contributed by atoms with van der Waals surface area (Å²) in [6.45, 7) is 0.651. The van der Waals surface area contributed by atoms with Gasteiger partial charge in [0.15, 0.2) is 0 Å². The molecule has 108 valence electrons. The second kappa shape index (κ2) is 6.32. The maximum atomic E-state index is 11.2. The van der Waals surface area contributed by atoms with Crippen LogP contribution in [0.3, 0.4) is 0 Å². The highest BCUT2D eigenvalue weighted by molar-refractivity contribution is 7.80. The molecule has 1 aromatic carbocycles. The van der Waals surface area contributed by atoms with Crippen molar-refractivity contribution in [3.8, 4) is 0 Å². The van der Waals surface area contributed by atoms with Gasteiger partial charge in [0.1, 0.15) is 10.7 Å². The van der Waals surface area contributed by atoms with Gasteiger partial charge in [-0.2, -0.15) is 0 Å². The molecule has 0 aliphatic heterocycles. The van der Waals surface area contributed by atoms with Gasteiger partial charge in [0.2, 0.25) is 0 Å². The number of hydrogen-bond donors (Lipinski definition) is 2. The van der Waals surface area contributed by atoms with Gasteiger partial charge in [0.25, 0.3) is 5.91 Å². The van der Waals surface area contributed by atoms with E-state index in [2.05, 4.69) is 4.98 Å². The van der Waals surface area contributed by atoms with Gasteiger partial charge in [-0.3, -0.25) is 9.78 Å². The van der Waals surface area contributed by atoms with Crippen molar-refractivity contribution in [2.45, 2.75) is 6.54 Å². The summed E-state index contributed by atoms with van der Waals surface area (Å²) in [4.78, 5) is 17.5. The summed E-state index contributed by atoms with van der Waals surface area (Å²) in [6, 6.07) is 11.2. The molecule has 2 aromatic rings. The van der Waals surface area contributed by atoms with Gasteiger partial charge in [-0.05, 0) is 23.8 Å². The number of pyridine rings is 1. The number of anilines is 1. The van der Waals surface area contributed by atoms with Crippen molar-refractivity contribution in [3.05, 3.63) is 59.4 Å².